The van der Waals surface area contributed by atoms with Crippen molar-refractivity contribution in [3.63, 3.8) is 0 Å². The Morgan fingerprint density at radius 1 is 1.75 bits per heavy atom. The van der Waals surface area contributed by atoms with Crippen molar-refractivity contribution in [2.45, 2.75) is 20.0 Å². The zero-order valence-electron chi connectivity index (χ0n) is 4.88. The fraction of sp³-hybridized carbons (Fsp3) is 0.600. The minimum atomic E-state index is -0.604. The fourth-order valence-corrected chi connectivity index (χ4v) is 0.290. The molecule has 8 heavy (non-hydrogen) atoms. The lowest BCUT2D eigenvalue weighted by Gasteiger charge is -2.00. The third-order valence-electron chi connectivity index (χ3n) is 0.543. The van der Waals surface area contributed by atoms with Crippen LogP contribution < -0.4 is 0 Å². The maximum Gasteiger partial charge on any atom is 0.303 e. The summed E-state index contributed by atoms with van der Waals surface area (Å²) in [6.45, 7) is 2.77. The van der Waals surface area contributed by atoms with Gasteiger partial charge in [0, 0.05) is 6.92 Å². The first-order valence-corrected chi connectivity index (χ1v) is 2.29. The van der Waals surface area contributed by atoms with Crippen molar-refractivity contribution in [3.8, 4) is 0 Å². The first kappa shape index (κ1) is 7.14. The Bertz CT molecular complexity index is 97.8. The molecule has 0 N–H and O–H groups in total. The summed E-state index contributed by atoms with van der Waals surface area (Å²) in [6, 6.07) is 0. The predicted octanol–water partition coefficient (Wildman–Crippen LogP) is 0.137. The van der Waals surface area contributed by atoms with Crippen LogP contribution in [0.3, 0.4) is 0 Å². The van der Waals surface area contributed by atoms with Crippen LogP contribution in [0, 0.1) is 0 Å². The van der Waals surface area contributed by atoms with E-state index in [9.17, 15) is 9.59 Å². The molecule has 0 saturated carbocycles. The lowest BCUT2D eigenvalue weighted by Crippen LogP contribution is -2.12. The number of esters is 1. The largest absolute Gasteiger partial charge is 0.455 e. The number of rotatable bonds is 2. The average molecular weight is 116 g/mol. The van der Waals surface area contributed by atoms with E-state index in [0.29, 0.717) is 6.29 Å². The van der Waals surface area contributed by atoms with Gasteiger partial charge in [0.2, 0.25) is 0 Å². The second kappa shape index (κ2) is 3.18. The molecule has 1 unspecified atom stereocenters. The van der Waals surface area contributed by atoms with Gasteiger partial charge in [0.05, 0.1) is 0 Å². The molecule has 3 nitrogen and oxygen atoms in total. The summed E-state index contributed by atoms with van der Waals surface area (Å²) in [5.74, 6) is -0.426. The third kappa shape index (κ3) is 3.33. The second-order valence-electron chi connectivity index (χ2n) is 1.45. The van der Waals surface area contributed by atoms with Gasteiger partial charge in [-0.25, -0.2) is 0 Å². The summed E-state index contributed by atoms with van der Waals surface area (Å²) in [4.78, 5) is 19.8. The van der Waals surface area contributed by atoms with Gasteiger partial charge in [-0.05, 0) is 6.92 Å². The Morgan fingerprint density at radius 3 is 2.38 bits per heavy atom. The van der Waals surface area contributed by atoms with E-state index >= 15 is 0 Å². The van der Waals surface area contributed by atoms with Crippen LogP contribution in [0.4, 0.5) is 0 Å². The highest BCUT2D eigenvalue weighted by Crippen LogP contribution is 1.83. The number of ether oxygens (including phenoxy) is 1. The van der Waals surface area contributed by atoms with E-state index < -0.39 is 12.1 Å². The molecule has 0 fully saturated rings. The van der Waals surface area contributed by atoms with E-state index in [-0.39, 0.29) is 0 Å². The summed E-state index contributed by atoms with van der Waals surface area (Å²) in [6.07, 6.45) is -0.0333. The van der Waals surface area contributed by atoms with E-state index in [0.717, 1.165) is 0 Å². The fourth-order valence-electron chi connectivity index (χ4n) is 0.290. The molecule has 0 amide bonds. The molecule has 0 saturated heterocycles. The average Bonchev–Trinajstić information content (AvgIpc) is 1.65. The molecule has 3 heteroatoms. The highest BCUT2D eigenvalue weighted by atomic mass is 16.5. The summed E-state index contributed by atoms with van der Waals surface area (Å²) in [7, 11) is 0. The molecule has 0 rings (SSSR count). The van der Waals surface area contributed by atoms with Crippen molar-refractivity contribution < 1.29 is 14.3 Å². The van der Waals surface area contributed by atoms with Gasteiger partial charge in [-0.2, -0.15) is 0 Å². The number of aldehydes is 1. The Hall–Kier alpha value is -0.860. The molecule has 0 aromatic carbocycles. The van der Waals surface area contributed by atoms with Crippen LogP contribution in [0.1, 0.15) is 13.8 Å². The normalized spacial score (nSPS) is 12.2. The highest BCUT2D eigenvalue weighted by Gasteiger charge is 1.99. The SMILES string of the molecule is CC(=O)OC(C)C=O. The predicted molar refractivity (Wildman–Crippen MR) is 27.3 cm³/mol. The minimum absolute atomic E-state index is 0.426. The molecule has 0 aliphatic heterocycles. The topological polar surface area (TPSA) is 43.4 Å². The Balaban J connectivity index is 3.38. The number of carbonyl (C=O) groups excluding carboxylic acids is 2. The summed E-state index contributed by atoms with van der Waals surface area (Å²) >= 11 is 0. The highest BCUT2D eigenvalue weighted by molar-refractivity contribution is 5.69. The van der Waals surface area contributed by atoms with Crippen LogP contribution in [-0.2, 0) is 14.3 Å². The Kier molecular flexibility index (Phi) is 2.84. The maximum atomic E-state index is 10.0. The van der Waals surface area contributed by atoms with E-state index in [1.165, 1.54) is 13.8 Å². The molecule has 0 spiro atoms. The zero-order valence-corrected chi connectivity index (χ0v) is 4.88. The van der Waals surface area contributed by atoms with Gasteiger partial charge < -0.3 is 4.74 Å². The van der Waals surface area contributed by atoms with Crippen molar-refractivity contribution >= 4 is 12.3 Å². The molecule has 1 atom stereocenters. The Labute approximate surface area is 47.6 Å². The van der Waals surface area contributed by atoms with Crippen molar-refractivity contribution in [1.29, 1.82) is 0 Å². The number of hydrogen-bond acceptors (Lipinski definition) is 3. The zero-order chi connectivity index (χ0) is 6.57. The van der Waals surface area contributed by atoms with E-state index in [4.69, 9.17) is 0 Å². The summed E-state index contributed by atoms with van der Waals surface area (Å²) < 4.78 is 4.39. The smallest absolute Gasteiger partial charge is 0.303 e. The van der Waals surface area contributed by atoms with Crippen LogP contribution in [0.5, 0.6) is 0 Å². The first-order chi connectivity index (χ1) is 3.66. The quantitative estimate of drug-likeness (QED) is 0.380. The van der Waals surface area contributed by atoms with Crippen LogP contribution in [-0.4, -0.2) is 18.4 Å². The van der Waals surface area contributed by atoms with Gasteiger partial charge in [0.15, 0.2) is 12.4 Å². The van der Waals surface area contributed by atoms with Gasteiger partial charge >= 0.3 is 5.97 Å². The first-order valence-electron chi connectivity index (χ1n) is 2.29. The van der Waals surface area contributed by atoms with Gasteiger partial charge in [-0.1, -0.05) is 0 Å². The molecule has 0 aromatic heterocycles. The molecule has 46 valence electrons. The van der Waals surface area contributed by atoms with Gasteiger partial charge in [-0.3, -0.25) is 9.59 Å². The molecule has 0 aromatic rings. The Morgan fingerprint density at radius 2 is 2.25 bits per heavy atom. The third-order valence-corrected chi connectivity index (χ3v) is 0.543. The van der Waals surface area contributed by atoms with Crippen molar-refractivity contribution in [2.75, 3.05) is 0 Å². The summed E-state index contributed by atoms with van der Waals surface area (Å²) in [5.41, 5.74) is 0. The van der Waals surface area contributed by atoms with Gasteiger partial charge in [-0.15, -0.1) is 0 Å². The number of hydrogen-bond donors (Lipinski definition) is 0. The minimum Gasteiger partial charge on any atom is -0.455 e. The van der Waals surface area contributed by atoms with Crippen LogP contribution in [0.25, 0.3) is 0 Å². The number of carbonyl (C=O) groups is 2. The van der Waals surface area contributed by atoms with Crippen molar-refractivity contribution in [2.24, 2.45) is 0 Å². The molecular weight excluding hydrogens is 108 g/mol. The van der Waals surface area contributed by atoms with E-state index in [1.807, 2.05) is 0 Å². The van der Waals surface area contributed by atoms with Gasteiger partial charge in [0.25, 0.3) is 0 Å². The standard InChI is InChI=1S/C5H8O3/c1-4(3-6)8-5(2)7/h3-4H,1-2H3. The van der Waals surface area contributed by atoms with Crippen molar-refractivity contribution in [3.05, 3.63) is 0 Å². The monoisotopic (exact) mass is 116 g/mol. The van der Waals surface area contributed by atoms with Crippen LogP contribution >= 0.6 is 0 Å². The maximum absolute atomic E-state index is 10.0. The molecule has 0 aliphatic carbocycles. The van der Waals surface area contributed by atoms with Crippen LogP contribution in [0.2, 0.25) is 0 Å². The van der Waals surface area contributed by atoms with Crippen molar-refractivity contribution in [1.82, 2.24) is 0 Å². The molecule has 0 heterocycles. The second-order valence-corrected chi connectivity index (χ2v) is 1.45. The van der Waals surface area contributed by atoms with Gasteiger partial charge in [0.1, 0.15) is 0 Å². The lowest BCUT2D eigenvalue weighted by molar-refractivity contribution is -0.148. The molecule has 0 radical (unpaired) electrons. The lowest BCUT2D eigenvalue weighted by atomic mass is 10.5. The summed E-state index contributed by atoms with van der Waals surface area (Å²) in [5, 5.41) is 0. The van der Waals surface area contributed by atoms with E-state index in [1.54, 1.807) is 0 Å². The molecular formula is C5H8O3. The van der Waals surface area contributed by atoms with E-state index in [2.05, 4.69) is 4.74 Å². The molecule has 0 bridgehead atoms. The molecule has 0 aliphatic rings. The van der Waals surface area contributed by atoms with Crippen LogP contribution in [0.15, 0.2) is 0 Å².